The molecule has 0 amide bonds. The van der Waals surface area contributed by atoms with Gasteiger partial charge in [-0.2, -0.15) is 0 Å². The van der Waals surface area contributed by atoms with Gasteiger partial charge < -0.3 is 0 Å². The zero-order chi connectivity index (χ0) is 9.80. The first-order valence-electron chi connectivity index (χ1n) is 5.23. The van der Waals surface area contributed by atoms with E-state index in [0.29, 0.717) is 0 Å². The summed E-state index contributed by atoms with van der Waals surface area (Å²) < 4.78 is 1.17. The molecule has 0 saturated carbocycles. The maximum atomic E-state index is 2.54. The molecule has 0 N–H and O–H groups in total. The van der Waals surface area contributed by atoms with Gasteiger partial charge in [0.2, 0.25) is 0 Å². The van der Waals surface area contributed by atoms with Crippen molar-refractivity contribution in [2.75, 3.05) is 17.6 Å². The molecule has 0 aliphatic carbocycles. The fraction of sp³-hybridized carbons (Fsp3) is 0.500. The Morgan fingerprint density at radius 3 is 2.79 bits per heavy atom. The van der Waals surface area contributed by atoms with Crippen molar-refractivity contribution < 1.29 is 0 Å². The molecule has 0 spiro atoms. The van der Waals surface area contributed by atoms with E-state index in [-0.39, 0.29) is 0 Å². The summed E-state index contributed by atoms with van der Waals surface area (Å²) in [6, 6.07) is 10.9. The van der Waals surface area contributed by atoms with Crippen LogP contribution in [0.2, 0.25) is 0 Å². The van der Waals surface area contributed by atoms with Gasteiger partial charge in [0.1, 0.15) is 0 Å². The van der Waals surface area contributed by atoms with Crippen molar-refractivity contribution in [3.05, 3.63) is 35.9 Å². The lowest BCUT2D eigenvalue weighted by atomic mass is 9.91. The largest absolute Gasteiger partial charge is 0.294 e. The van der Waals surface area contributed by atoms with Crippen LogP contribution in [-0.2, 0) is 0 Å². The predicted molar refractivity (Wildman–Crippen MR) is 68.9 cm³/mol. The standard InChI is InChI=1S/C12H16IN/c13-10-14-8-4-7-12(9-14)11-5-2-1-3-6-11/h1-3,5-6,12H,4,7-10H2. The highest BCUT2D eigenvalue weighted by Gasteiger charge is 2.19. The Hall–Kier alpha value is -0.0900. The summed E-state index contributed by atoms with van der Waals surface area (Å²) in [7, 11) is 0. The molecular weight excluding hydrogens is 285 g/mol. The minimum absolute atomic E-state index is 0.764. The molecule has 1 unspecified atom stereocenters. The van der Waals surface area contributed by atoms with Gasteiger partial charge >= 0.3 is 0 Å². The number of alkyl halides is 1. The Morgan fingerprint density at radius 2 is 2.07 bits per heavy atom. The average Bonchev–Trinajstić information content (AvgIpc) is 2.30. The van der Waals surface area contributed by atoms with Gasteiger partial charge in [0.05, 0.1) is 4.55 Å². The van der Waals surface area contributed by atoms with Gasteiger partial charge in [-0.3, -0.25) is 4.90 Å². The highest BCUT2D eigenvalue weighted by Crippen LogP contribution is 2.26. The number of hydrogen-bond acceptors (Lipinski definition) is 1. The number of likely N-dealkylation sites (tertiary alicyclic amines) is 1. The molecule has 1 fully saturated rings. The van der Waals surface area contributed by atoms with Crippen molar-refractivity contribution in [2.45, 2.75) is 18.8 Å². The average molecular weight is 301 g/mol. The quantitative estimate of drug-likeness (QED) is 0.460. The normalized spacial score (nSPS) is 23.6. The summed E-state index contributed by atoms with van der Waals surface area (Å²) in [5, 5.41) is 0. The number of rotatable bonds is 2. The molecule has 1 aromatic rings. The highest BCUT2D eigenvalue weighted by molar-refractivity contribution is 14.1. The summed E-state index contributed by atoms with van der Waals surface area (Å²) in [6.45, 7) is 2.53. The Morgan fingerprint density at radius 1 is 1.29 bits per heavy atom. The summed E-state index contributed by atoms with van der Waals surface area (Å²) >= 11 is 2.46. The lowest BCUT2D eigenvalue weighted by Gasteiger charge is -2.31. The van der Waals surface area contributed by atoms with Crippen molar-refractivity contribution in [2.24, 2.45) is 0 Å². The van der Waals surface area contributed by atoms with Gasteiger partial charge in [-0.1, -0.05) is 52.9 Å². The third-order valence-electron chi connectivity index (χ3n) is 2.95. The van der Waals surface area contributed by atoms with E-state index in [2.05, 4.69) is 57.8 Å². The topological polar surface area (TPSA) is 3.24 Å². The molecule has 2 rings (SSSR count). The molecule has 14 heavy (non-hydrogen) atoms. The van der Waals surface area contributed by atoms with E-state index in [9.17, 15) is 0 Å². The molecule has 2 heteroatoms. The van der Waals surface area contributed by atoms with Crippen molar-refractivity contribution in [3.63, 3.8) is 0 Å². The SMILES string of the molecule is ICN1CCCC(c2ccccc2)C1. The second-order valence-electron chi connectivity index (χ2n) is 3.95. The van der Waals surface area contributed by atoms with Crippen molar-refractivity contribution >= 4 is 22.6 Å². The maximum Gasteiger partial charge on any atom is 0.0505 e. The monoisotopic (exact) mass is 301 g/mol. The van der Waals surface area contributed by atoms with Crippen LogP contribution >= 0.6 is 22.6 Å². The molecular formula is C12H16IN. The first-order chi connectivity index (χ1) is 6.90. The van der Waals surface area contributed by atoms with E-state index in [1.165, 1.54) is 36.0 Å². The summed E-state index contributed by atoms with van der Waals surface area (Å²) in [5.41, 5.74) is 1.52. The number of halogens is 1. The number of piperidine rings is 1. The van der Waals surface area contributed by atoms with Gasteiger partial charge in [0.15, 0.2) is 0 Å². The van der Waals surface area contributed by atoms with Crippen LogP contribution < -0.4 is 0 Å². The Kier molecular flexibility index (Phi) is 3.81. The van der Waals surface area contributed by atoms with Crippen LogP contribution in [0.15, 0.2) is 30.3 Å². The fourth-order valence-electron chi connectivity index (χ4n) is 2.16. The summed E-state index contributed by atoms with van der Waals surface area (Å²) in [4.78, 5) is 2.54. The molecule has 1 aliphatic rings. The van der Waals surface area contributed by atoms with Gasteiger partial charge in [-0.15, -0.1) is 0 Å². The van der Waals surface area contributed by atoms with E-state index in [1.54, 1.807) is 0 Å². The smallest absolute Gasteiger partial charge is 0.0505 e. The predicted octanol–water partition coefficient (Wildman–Crippen LogP) is 3.26. The van der Waals surface area contributed by atoms with Gasteiger partial charge in [-0.25, -0.2) is 0 Å². The van der Waals surface area contributed by atoms with Gasteiger partial charge in [-0.05, 0) is 30.9 Å². The molecule has 1 saturated heterocycles. The van der Waals surface area contributed by atoms with Crippen LogP contribution in [0.3, 0.4) is 0 Å². The zero-order valence-electron chi connectivity index (χ0n) is 8.32. The Balaban J connectivity index is 2.04. The van der Waals surface area contributed by atoms with Crippen LogP contribution in [0.5, 0.6) is 0 Å². The van der Waals surface area contributed by atoms with Crippen LogP contribution in [0.25, 0.3) is 0 Å². The third-order valence-corrected chi connectivity index (χ3v) is 3.91. The fourth-order valence-corrected chi connectivity index (χ4v) is 2.78. The highest BCUT2D eigenvalue weighted by atomic mass is 127. The lowest BCUT2D eigenvalue weighted by molar-refractivity contribution is 0.246. The first-order valence-corrected chi connectivity index (χ1v) is 6.76. The van der Waals surface area contributed by atoms with Gasteiger partial charge in [0, 0.05) is 6.54 Å². The van der Waals surface area contributed by atoms with Crippen LogP contribution in [0, 0.1) is 0 Å². The first kappa shape index (κ1) is 10.4. The minimum atomic E-state index is 0.764. The van der Waals surface area contributed by atoms with Crippen LogP contribution in [0.4, 0.5) is 0 Å². The van der Waals surface area contributed by atoms with Crippen molar-refractivity contribution in [3.8, 4) is 0 Å². The molecule has 0 bridgehead atoms. The van der Waals surface area contributed by atoms with E-state index in [0.717, 1.165) is 5.92 Å². The van der Waals surface area contributed by atoms with Crippen molar-refractivity contribution in [1.29, 1.82) is 0 Å². The van der Waals surface area contributed by atoms with Gasteiger partial charge in [0.25, 0.3) is 0 Å². The second kappa shape index (κ2) is 5.12. The van der Waals surface area contributed by atoms with Crippen LogP contribution in [-0.4, -0.2) is 22.5 Å². The number of benzene rings is 1. The molecule has 1 atom stereocenters. The number of nitrogens with zero attached hydrogens (tertiary/aromatic N) is 1. The van der Waals surface area contributed by atoms with E-state index in [1.807, 2.05) is 0 Å². The van der Waals surface area contributed by atoms with Crippen LogP contribution in [0.1, 0.15) is 24.3 Å². The molecule has 76 valence electrons. The van der Waals surface area contributed by atoms with E-state index < -0.39 is 0 Å². The number of hydrogen-bond donors (Lipinski definition) is 0. The zero-order valence-corrected chi connectivity index (χ0v) is 10.5. The van der Waals surface area contributed by atoms with Crippen molar-refractivity contribution in [1.82, 2.24) is 4.90 Å². The summed E-state index contributed by atoms with van der Waals surface area (Å²) in [6.07, 6.45) is 2.71. The molecule has 1 nitrogen and oxygen atoms in total. The lowest BCUT2D eigenvalue weighted by Crippen LogP contribution is -2.33. The maximum absolute atomic E-state index is 2.54. The molecule has 0 radical (unpaired) electrons. The van der Waals surface area contributed by atoms with E-state index >= 15 is 0 Å². The Labute approximate surface area is 99.6 Å². The van der Waals surface area contributed by atoms with E-state index in [4.69, 9.17) is 0 Å². The Bertz CT molecular complexity index is 273. The molecule has 1 heterocycles. The minimum Gasteiger partial charge on any atom is -0.294 e. The summed E-state index contributed by atoms with van der Waals surface area (Å²) in [5.74, 6) is 0.764. The third kappa shape index (κ3) is 2.48. The second-order valence-corrected chi connectivity index (χ2v) is 4.63. The molecule has 0 aromatic heterocycles. The molecule has 1 aliphatic heterocycles. The molecule has 1 aromatic carbocycles.